The van der Waals surface area contributed by atoms with Gasteiger partial charge in [0.15, 0.2) is 0 Å². The monoisotopic (exact) mass is 471 g/mol. The Morgan fingerprint density at radius 2 is 1.91 bits per heavy atom. The summed E-state index contributed by atoms with van der Waals surface area (Å²) in [5, 5.41) is 19.0. The van der Waals surface area contributed by atoms with Gasteiger partial charge in [-0.15, -0.1) is 5.10 Å². The van der Waals surface area contributed by atoms with Crippen molar-refractivity contribution in [1.29, 1.82) is 0 Å². The van der Waals surface area contributed by atoms with Crippen LogP contribution in [0, 0.1) is 5.92 Å². The summed E-state index contributed by atoms with van der Waals surface area (Å²) < 4.78 is 35.6. The maximum atomic E-state index is 12.8. The van der Waals surface area contributed by atoms with E-state index in [0.29, 0.717) is 23.1 Å². The number of sulfonamides is 1. The number of benzene rings is 2. The Balaban J connectivity index is 1.70. The molecule has 0 aliphatic rings. The molecule has 1 atom stereocenters. The maximum absolute atomic E-state index is 12.8. The molecular formula is C22H25N5O5S. The number of hydrogen-bond acceptors (Lipinski definition) is 7. The molecule has 0 aliphatic heterocycles. The third-order valence-electron chi connectivity index (χ3n) is 5.24. The molecule has 10 nitrogen and oxygen atoms in total. The van der Waals surface area contributed by atoms with Gasteiger partial charge in [-0.2, -0.15) is 4.72 Å². The van der Waals surface area contributed by atoms with Gasteiger partial charge in [-0.3, -0.25) is 4.79 Å². The lowest BCUT2D eigenvalue weighted by molar-refractivity contribution is -0.140. The minimum absolute atomic E-state index is 0.0294. The molecule has 2 aromatic carbocycles. The predicted octanol–water partition coefficient (Wildman–Crippen LogP) is 2.62. The Labute approximate surface area is 190 Å². The van der Waals surface area contributed by atoms with Crippen LogP contribution in [0.4, 0.5) is 0 Å². The van der Waals surface area contributed by atoms with Crippen molar-refractivity contribution in [2.45, 2.75) is 31.3 Å². The van der Waals surface area contributed by atoms with Crippen LogP contribution in [0.3, 0.4) is 0 Å². The Bertz CT molecular complexity index is 1440. The summed E-state index contributed by atoms with van der Waals surface area (Å²) in [7, 11) is -0.140. The number of nitrogens with zero attached hydrogens (tertiary/aromatic N) is 4. The molecule has 0 fully saturated rings. The van der Waals surface area contributed by atoms with E-state index in [2.05, 4.69) is 15.0 Å². The molecule has 174 valence electrons. The molecule has 2 aromatic heterocycles. The van der Waals surface area contributed by atoms with Crippen molar-refractivity contribution in [3.8, 4) is 5.69 Å². The minimum Gasteiger partial charge on any atom is -0.480 e. The van der Waals surface area contributed by atoms with E-state index in [0.717, 1.165) is 16.8 Å². The van der Waals surface area contributed by atoms with E-state index >= 15 is 0 Å². The van der Waals surface area contributed by atoms with Crippen molar-refractivity contribution < 1.29 is 22.7 Å². The number of rotatable bonds is 8. The largest absolute Gasteiger partial charge is 0.480 e. The number of furan rings is 1. The van der Waals surface area contributed by atoms with Gasteiger partial charge in [0.25, 0.3) is 0 Å². The smallest absolute Gasteiger partial charge is 0.322 e. The second kappa shape index (κ2) is 8.58. The molecule has 4 aromatic rings. The molecule has 0 spiro atoms. The third-order valence-corrected chi connectivity index (χ3v) is 6.67. The van der Waals surface area contributed by atoms with Crippen LogP contribution >= 0.6 is 0 Å². The summed E-state index contributed by atoms with van der Waals surface area (Å²) in [6.07, 6.45) is 1.84. The first-order valence-corrected chi connectivity index (χ1v) is 11.8. The quantitative estimate of drug-likeness (QED) is 0.401. The second-order valence-electron chi connectivity index (χ2n) is 8.51. The molecule has 0 bridgehead atoms. The first kappa shape index (κ1) is 22.9. The summed E-state index contributed by atoms with van der Waals surface area (Å²) in [6, 6.07) is 8.74. The summed E-state index contributed by atoms with van der Waals surface area (Å²) >= 11 is 0. The van der Waals surface area contributed by atoms with Gasteiger partial charge in [-0.05, 0) is 50.3 Å². The number of hydrogen-bond donors (Lipinski definition) is 2. The molecule has 4 rings (SSSR count). The number of aromatic nitrogens is 3. The molecule has 0 aliphatic carbocycles. The zero-order chi connectivity index (χ0) is 23.9. The predicted molar refractivity (Wildman–Crippen MR) is 123 cm³/mol. The Kier molecular flexibility index (Phi) is 5.95. The standard InChI is InChI=1S/C22H25N5O5S/c1-13(2)21(22(28)29)24-33(30,31)16-6-8-19-18(10-16)17-7-5-15(9-20(17)32-19)27-12-14(23-25-27)11-26(3)4/h5-10,12-13,21,24H,11H2,1-4H3,(H,28,29)/t21-/m1/s1. The number of nitrogens with one attached hydrogen (secondary N) is 1. The van der Waals surface area contributed by atoms with Crippen molar-refractivity contribution >= 4 is 37.9 Å². The SMILES string of the molecule is CC(C)[C@@H](NS(=O)(=O)c1ccc2oc3cc(-n4cc(CN(C)C)nn4)ccc3c2c1)C(=O)O. The fraction of sp³-hybridized carbons (Fsp3) is 0.318. The highest BCUT2D eigenvalue weighted by Gasteiger charge is 2.28. The van der Waals surface area contributed by atoms with Gasteiger partial charge in [0.05, 0.1) is 22.5 Å². The molecule has 2 heterocycles. The molecular weight excluding hydrogens is 446 g/mol. The van der Waals surface area contributed by atoms with Gasteiger partial charge in [0.1, 0.15) is 17.2 Å². The van der Waals surface area contributed by atoms with Gasteiger partial charge in [-0.1, -0.05) is 19.1 Å². The summed E-state index contributed by atoms with van der Waals surface area (Å²) in [5.41, 5.74) is 2.68. The van der Waals surface area contributed by atoms with Gasteiger partial charge < -0.3 is 14.4 Å². The third kappa shape index (κ3) is 4.61. The zero-order valence-electron chi connectivity index (χ0n) is 18.7. The molecule has 0 saturated heterocycles. The molecule has 0 saturated carbocycles. The minimum atomic E-state index is -4.04. The van der Waals surface area contributed by atoms with Gasteiger partial charge in [0.2, 0.25) is 10.0 Å². The second-order valence-corrected chi connectivity index (χ2v) is 10.2. The van der Waals surface area contributed by atoms with E-state index < -0.39 is 28.0 Å². The summed E-state index contributed by atoms with van der Waals surface area (Å²) in [6.45, 7) is 3.95. The highest BCUT2D eigenvalue weighted by atomic mass is 32.2. The lowest BCUT2D eigenvalue weighted by Crippen LogP contribution is -2.44. The normalized spacial score (nSPS) is 13.4. The van der Waals surface area contributed by atoms with Crippen LogP contribution < -0.4 is 4.72 Å². The Morgan fingerprint density at radius 1 is 1.15 bits per heavy atom. The number of aliphatic carboxylic acids is 1. The number of carboxylic acid groups (broad SMARTS) is 1. The average Bonchev–Trinajstić information content (AvgIpc) is 3.34. The van der Waals surface area contributed by atoms with Crippen LogP contribution in [-0.2, 0) is 21.4 Å². The van der Waals surface area contributed by atoms with Crippen molar-refractivity contribution in [3.63, 3.8) is 0 Å². The molecule has 0 radical (unpaired) electrons. The first-order chi connectivity index (χ1) is 15.5. The van der Waals surface area contributed by atoms with Crippen molar-refractivity contribution in [2.75, 3.05) is 14.1 Å². The fourth-order valence-corrected chi connectivity index (χ4v) is 4.95. The van der Waals surface area contributed by atoms with Gasteiger partial charge in [-0.25, -0.2) is 13.1 Å². The van der Waals surface area contributed by atoms with Crippen LogP contribution in [-0.4, -0.2) is 59.5 Å². The molecule has 2 N–H and O–H groups in total. The average molecular weight is 472 g/mol. The highest BCUT2D eigenvalue weighted by molar-refractivity contribution is 7.89. The lowest BCUT2D eigenvalue weighted by atomic mass is 10.1. The van der Waals surface area contributed by atoms with Gasteiger partial charge >= 0.3 is 5.97 Å². The van der Waals surface area contributed by atoms with Crippen LogP contribution in [0.1, 0.15) is 19.5 Å². The van der Waals surface area contributed by atoms with E-state index in [-0.39, 0.29) is 4.90 Å². The maximum Gasteiger partial charge on any atom is 0.322 e. The van der Waals surface area contributed by atoms with Crippen LogP contribution in [0.15, 0.2) is 51.9 Å². The number of carboxylic acids is 1. The summed E-state index contributed by atoms with van der Waals surface area (Å²) in [4.78, 5) is 13.4. The molecule has 11 heteroatoms. The van der Waals surface area contributed by atoms with E-state index in [1.165, 1.54) is 12.1 Å². The van der Waals surface area contributed by atoms with E-state index in [1.807, 2.05) is 43.4 Å². The van der Waals surface area contributed by atoms with E-state index in [1.54, 1.807) is 24.6 Å². The van der Waals surface area contributed by atoms with Crippen LogP contribution in [0.25, 0.3) is 27.6 Å². The van der Waals surface area contributed by atoms with E-state index in [9.17, 15) is 18.3 Å². The Hall–Kier alpha value is -3.28. The van der Waals surface area contributed by atoms with Crippen molar-refractivity contribution in [3.05, 3.63) is 48.3 Å². The van der Waals surface area contributed by atoms with E-state index in [4.69, 9.17) is 4.42 Å². The molecule has 0 unspecified atom stereocenters. The molecule has 33 heavy (non-hydrogen) atoms. The van der Waals surface area contributed by atoms with Gasteiger partial charge in [0, 0.05) is 23.4 Å². The number of fused-ring (bicyclic) bond motifs is 3. The Morgan fingerprint density at radius 3 is 2.58 bits per heavy atom. The van der Waals surface area contributed by atoms with Crippen LogP contribution in [0.2, 0.25) is 0 Å². The van der Waals surface area contributed by atoms with Crippen molar-refractivity contribution in [2.24, 2.45) is 5.92 Å². The number of carbonyl (C=O) groups is 1. The lowest BCUT2D eigenvalue weighted by Gasteiger charge is -2.17. The van der Waals surface area contributed by atoms with Crippen LogP contribution in [0.5, 0.6) is 0 Å². The topological polar surface area (TPSA) is 131 Å². The first-order valence-electron chi connectivity index (χ1n) is 10.3. The zero-order valence-corrected chi connectivity index (χ0v) is 19.5. The fourth-order valence-electron chi connectivity index (χ4n) is 3.58. The summed E-state index contributed by atoms with van der Waals surface area (Å²) in [5.74, 6) is -1.64. The van der Waals surface area contributed by atoms with Crippen molar-refractivity contribution in [1.82, 2.24) is 24.6 Å². The molecule has 0 amide bonds. The highest BCUT2D eigenvalue weighted by Crippen LogP contribution is 2.32.